The summed E-state index contributed by atoms with van der Waals surface area (Å²) in [5.41, 5.74) is -6.35. The molecule has 2 aromatic rings. The number of hydrogen-bond acceptors (Lipinski definition) is 3. The molecule has 0 aliphatic carbocycles. The summed E-state index contributed by atoms with van der Waals surface area (Å²) < 4.78 is 97.7. The van der Waals surface area contributed by atoms with Gasteiger partial charge in [-0.15, -0.1) is 0 Å². The van der Waals surface area contributed by atoms with E-state index in [1.165, 1.54) is 12.1 Å². The van der Waals surface area contributed by atoms with E-state index in [4.69, 9.17) is 0 Å². The van der Waals surface area contributed by atoms with Gasteiger partial charge in [0.1, 0.15) is 0 Å². The van der Waals surface area contributed by atoms with Crippen LogP contribution < -0.4 is 5.32 Å². The van der Waals surface area contributed by atoms with Crippen LogP contribution in [0, 0.1) is 0 Å². The molecule has 27 heavy (non-hydrogen) atoms. The van der Waals surface area contributed by atoms with Gasteiger partial charge in [-0.3, -0.25) is 4.79 Å². The van der Waals surface area contributed by atoms with E-state index < -0.39 is 37.9 Å². The molecule has 4 nitrogen and oxygen atoms in total. The van der Waals surface area contributed by atoms with Gasteiger partial charge < -0.3 is 5.32 Å². The number of benzene rings is 2. The number of alkyl halides is 6. The summed E-state index contributed by atoms with van der Waals surface area (Å²) in [6.45, 7) is -0.259. The maximum atomic E-state index is 12.6. The van der Waals surface area contributed by atoms with Crippen LogP contribution in [0.2, 0.25) is 0 Å². The molecule has 2 aromatic carbocycles. The third kappa shape index (κ3) is 4.79. The fourth-order valence-corrected chi connectivity index (χ4v) is 2.82. The maximum Gasteiger partial charge on any atom is 0.501 e. The van der Waals surface area contributed by atoms with Gasteiger partial charge in [0.15, 0.2) is 0 Å². The van der Waals surface area contributed by atoms with E-state index in [-0.39, 0.29) is 17.7 Å². The van der Waals surface area contributed by atoms with Crippen LogP contribution in [-0.2, 0) is 22.6 Å². The zero-order chi connectivity index (χ0) is 20.5. The third-order valence-corrected chi connectivity index (χ3v) is 4.94. The molecule has 0 bridgehead atoms. The molecule has 2 rings (SSSR count). The quantitative estimate of drug-likeness (QED) is 0.776. The van der Waals surface area contributed by atoms with E-state index in [1.54, 1.807) is 0 Å². The van der Waals surface area contributed by atoms with Crippen LogP contribution in [0.25, 0.3) is 0 Å². The monoisotopic (exact) mass is 411 g/mol. The standard InChI is InChI=1S/C16H11F6NO3S/c17-15(18,19)12-3-1-2-10(8-12)9-23-14(24)11-4-6-13(7-5-11)27(25,26)16(20,21)22/h1-8H,9H2,(H,23,24). The minimum atomic E-state index is -5.53. The van der Waals surface area contributed by atoms with Gasteiger partial charge in [0, 0.05) is 12.1 Å². The first-order valence-electron chi connectivity index (χ1n) is 7.18. The molecule has 0 saturated heterocycles. The largest absolute Gasteiger partial charge is 0.501 e. The first-order valence-corrected chi connectivity index (χ1v) is 8.66. The van der Waals surface area contributed by atoms with E-state index in [0.29, 0.717) is 12.1 Å². The van der Waals surface area contributed by atoms with Crippen LogP contribution in [0.5, 0.6) is 0 Å². The van der Waals surface area contributed by atoms with Gasteiger partial charge >= 0.3 is 11.7 Å². The van der Waals surface area contributed by atoms with Crippen molar-refractivity contribution in [1.29, 1.82) is 0 Å². The highest BCUT2D eigenvalue weighted by molar-refractivity contribution is 7.92. The van der Waals surface area contributed by atoms with Crippen molar-refractivity contribution >= 4 is 15.7 Å². The molecule has 0 atom stereocenters. The smallest absolute Gasteiger partial charge is 0.348 e. The maximum absolute atomic E-state index is 12.6. The number of rotatable bonds is 4. The van der Waals surface area contributed by atoms with Crippen molar-refractivity contribution in [2.45, 2.75) is 23.1 Å². The van der Waals surface area contributed by atoms with Gasteiger partial charge in [0.05, 0.1) is 10.5 Å². The number of hydrogen-bond donors (Lipinski definition) is 1. The van der Waals surface area contributed by atoms with E-state index in [1.807, 2.05) is 0 Å². The van der Waals surface area contributed by atoms with Gasteiger partial charge in [-0.2, -0.15) is 26.3 Å². The minimum Gasteiger partial charge on any atom is -0.348 e. The number of halogens is 6. The highest BCUT2D eigenvalue weighted by Gasteiger charge is 2.46. The van der Waals surface area contributed by atoms with Crippen LogP contribution in [0.15, 0.2) is 53.4 Å². The Morgan fingerprint density at radius 2 is 1.52 bits per heavy atom. The summed E-state index contributed by atoms with van der Waals surface area (Å²) >= 11 is 0. The van der Waals surface area contributed by atoms with Crippen molar-refractivity contribution in [1.82, 2.24) is 5.32 Å². The summed E-state index contributed by atoms with van der Waals surface area (Å²) in [5.74, 6) is -0.789. The number of amides is 1. The predicted octanol–water partition coefficient (Wildman–Crippen LogP) is 3.93. The number of sulfone groups is 1. The lowest BCUT2D eigenvalue weighted by Gasteiger charge is -2.10. The summed E-state index contributed by atoms with van der Waals surface area (Å²) in [4.78, 5) is 10.9. The SMILES string of the molecule is O=C(NCc1cccc(C(F)(F)F)c1)c1ccc(S(=O)(=O)C(F)(F)F)cc1. The Kier molecular flexibility index (Phi) is 5.55. The molecule has 146 valence electrons. The second-order valence-electron chi connectivity index (χ2n) is 5.35. The summed E-state index contributed by atoms with van der Waals surface area (Å²) in [7, 11) is -5.53. The van der Waals surface area contributed by atoms with E-state index in [2.05, 4.69) is 5.32 Å². The molecule has 0 aliphatic heterocycles. The van der Waals surface area contributed by atoms with E-state index >= 15 is 0 Å². The lowest BCUT2D eigenvalue weighted by molar-refractivity contribution is -0.137. The van der Waals surface area contributed by atoms with Crippen molar-refractivity contribution in [2.75, 3.05) is 0 Å². The topological polar surface area (TPSA) is 63.2 Å². The first-order chi connectivity index (χ1) is 12.3. The van der Waals surface area contributed by atoms with Crippen molar-refractivity contribution in [2.24, 2.45) is 0 Å². The van der Waals surface area contributed by atoms with Crippen molar-refractivity contribution in [3.8, 4) is 0 Å². The van der Waals surface area contributed by atoms with Crippen LogP contribution in [0.4, 0.5) is 26.3 Å². The van der Waals surface area contributed by atoms with Crippen LogP contribution in [0.1, 0.15) is 21.5 Å². The summed E-state index contributed by atoms with van der Waals surface area (Å²) in [5, 5.41) is 2.30. The molecule has 0 saturated carbocycles. The molecule has 0 spiro atoms. The van der Waals surface area contributed by atoms with E-state index in [0.717, 1.165) is 24.3 Å². The Labute approximate surface area is 149 Å². The predicted molar refractivity (Wildman–Crippen MR) is 82.3 cm³/mol. The van der Waals surface area contributed by atoms with Crippen molar-refractivity contribution in [3.63, 3.8) is 0 Å². The Balaban J connectivity index is 2.10. The highest BCUT2D eigenvalue weighted by Crippen LogP contribution is 2.30. The first kappa shape index (κ1) is 20.7. The molecule has 1 amide bonds. The molecule has 11 heteroatoms. The van der Waals surface area contributed by atoms with Crippen molar-refractivity contribution < 1.29 is 39.6 Å². The fourth-order valence-electron chi connectivity index (χ4n) is 2.06. The zero-order valence-corrected chi connectivity index (χ0v) is 14.0. The van der Waals surface area contributed by atoms with Gasteiger partial charge in [-0.25, -0.2) is 8.42 Å². The second kappa shape index (κ2) is 7.22. The molecular formula is C16H11F6NO3S. The average Bonchev–Trinajstić information content (AvgIpc) is 2.58. The summed E-state index contributed by atoms with van der Waals surface area (Å²) in [6.07, 6.45) is -4.54. The molecule has 0 fully saturated rings. The Morgan fingerprint density at radius 1 is 0.926 bits per heavy atom. The van der Waals surface area contributed by atoms with Gasteiger partial charge in [-0.1, -0.05) is 12.1 Å². The molecule has 0 aromatic heterocycles. The highest BCUT2D eigenvalue weighted by atomic mass is 32.2. The molecule has 0 heterocycles. The summed E-state index contributed by atoms with van der Waals surface area (Å²) in [6, 6.07) is 7.24. The Bertz CT molecular complexity index is 934. The third-order valence-electron chi connectivity index (χ3n) is 3.44. The lowest BCUT2D eigenvalue weighted by atomic mass is 10.1. The van der Waals surface area contributed by atoms with Gasteiger partial charge in [0.2, 0.25) is 0 Å². The normalized spacial score (nSPS) is 12.7. The average molecular weight is 411 g/mol. The minimum absolute atomic E-state index is 0.150. The van der Waals surface area contributed by atoms with Crippen LogP contribution in [-0.4, -0.2) is 19.8 Å². The Hall–Kier alpha value is -2.56. The molecule has 0 unspecified atom stereocenters. The van der Waals surface area contributed by atoms with E-state index in [9.17, 15) is 39.6 Å². The van der Waals surface area contributed by atoms with Gasteiger partial charge in [0.25, 0.3) is 15.7 Å². The van der Waals surface area contributed by atoms with Crippen LogP contribution in [0.3, 0.4) is 0 Å². The fraction of sp³-hybridized carbons (Fsp3) is 0.188. The van der Waals surface area contributed by atoms with Crippen LogP contribution >= 0.6 is 0 Å². The number of carbonyl (C=O) groups is 1. The lowest BCUT2D eigenvalue weighted by Crippen LogP contribution is -2.24. The Morgan fingerprint density at radius 3 is 2.04 bits per heavy atom. The van der Waals surface area contributed by atoms with Crippen molar-refractivity contribution in [3.05, 3.63) is 65.2 Å². The van der Waals surface area contributed by atoms with Gasteiger partial charge in [-0.05, 0) is 42.0 Å². The number of carbonyl (C=O) groups excluding carboxylic acids is 1. The zero-order valence-electron chi connectivity index (χ0n) is 13.2. The molecule has 1 N–H and O–H groups in total. The number of nitrogens with one attached hydrogen (secondary N) is 1. The molecule has 0 aliphatic rings. The second-order valence-corrected chi connectivity index (χ2v) is 7.30. The molecule has 0 radical (unpaired) electrons. The molecular weight excluding hydrogens is 400 g/mol.